The SMILES string of the molecule is CCCCCCCCCCCc1ccc(C=c2cc(CC)c(=C3C=C(C)C=N3)[nH]2)[nH]1. The normalized spacial score (nSPS) is 16.0. The fourth-order valence-corrected chi connectivity index (χ4v) is 4.19. The van der Waals surface area contributed by atoms with Crippen LogP contribution in [-0.4, -0.2) is 16.2 Å². The third-order valence-electron chi connectivity index (χ3n) is 5.96. The van der Waals surface area contributed by atoms with Crippen LogP contribution < -0.4 is 10.7 Å². The van der Waals surface area contributed by atoms with E-state index in [1.54, 1.807) is 0 Å². The van der Waals surface area contributed by atoms with Crippen LogP contribution in [-0.2, 0) is 12.8 Å². The van der Waals surface area contributed by atoms with Crippen molar-refractivity contribution in [1.29, 1.82) is 0 Å². The van der Waals surface area contributed by atoms with E-state index in [-0.39, 0.29) is 0 Å². The Morgan fingerprint density at radius 1 is 0.900 bits per heavy atom. The van der Waals surface area contributed by atoms with Gasteiger partial charge in [0.15, 0.2) is 0 Å². The maximum atomic E-state index is 4.54. The van der Waals surface area contributed by atoms with E-state index in [0.717, 1.165) is 29.2 Å². The molecule has 2 N–H and O–H groups in total. The van der Waals surface area contributed by atoms with E-state index in [0.29, 0.717) is 0 Å². The third-order valence-corrected chi connectivity index (χ3v) is 5.96. The molecule has 2 aromatic heterocycles. The predicted molar refractivity (Wildman–Crippen MR) is 130 cm³/mol. The molecule has 2 aromatic rings. The molecule has 30 heavy (non-hydrogen) atoms. The van der Waals surface area contributed by atoms with Gasteiger partial charge in [-0.05, 0) is 67.7 Å². The van der Waals surface area contributed by atoms with Crippen LogP contribution in [0.15, 0.2) is 34.8 Å². The Morgan fingerprint density at radius 3 is 2.30 bits per heavy atom. The van der Waals surface area contributed by atoms with E-state index in [1.807, 2.05) is 6.21 Å². The number of allylic oxidation sites excluding steroid dienone is 1. The smallest absolute Gasteiger partial charge is 0.0870 e. The second-order valence-corrected chi connectivity index (χ2v) is 8.67. The molecule has 3 heteroatoms. The number of nitrogens with zero attached hydrogens (tertiary/aromatic N) is 1. The van der Waals surface area contributed by atoms with Gasteiger partial charge in [0.2, 0.25) is 0 Å². The number of nitrogens with one attached hydrogen (secondary N) is 2. The zero-order valence-corrected chi connectivity index (χ0v) is 19.2. The molecule has 1 aliphatic heterocycles. The van der Waals surface area contributed by atoms with Crippen molar-refractivity contribution in [2.75, 3.05) is 0 Å². The molecule has 0 amide bonds. The zero-order valence-electron chi connectivity index (χ0n) is 19.2. The van der Waals surface area contributed by atoms with E-state index in [2.05, 4.69) is 66.1 Å². The molecule has 0 saturated heterocycles. The van der Waals surface area contributed by atoms with Crippen molar-refractivity contribution in [2.45, 2.75) is 91.4 Å². The Kier molecular flexibility index (Phi) is 8.80. The highest BCUT2D eigenvalue weighted by atomic mass is 14.8. The van der Waals surface area contributed by atoms with Gasteiger partial charge in [-0.15, -0.1) is 0 Å². The first-order valence-electron chi connectivity index (χ1n) is 12.0. The molecule has 0 atom stereocenters. The van der Waals surface area contributed by atoms with Crippen molar-refractivity contribution in [3.8, 4) is 0 Å². The number of unbranched alkanes of at least 4 members (excludes halogenated alkanes) is 8. The molecule has 0 aromatic carbocycles. The van der Waals surface area contributed by atoms with E-state index in [4.69, 9.17) is 0 Å². The number of hydrogen-bond acceptors (Lipinski definition) is 1. The highest BCUT2D eigenvalue weighted by Crippen LogP contribution is 2.13. The van der Waals surface area contributed by atoms with Gasteiger partial charge in [-0.2, -0.15) is 0 Å². The van der Waals surface area contributed by atoms with Gasteiger partial charge in [-0.25, -0.2) is 0 Å². The van der Waals surface area contributed by atoms with Gasteiger partial charge in [0, 0.05) is 23.0 Å². The molecular weight excluding hydrogens is 366 g/mol. The van der Waals surface area contributed by atoms with Crippen molar-refractivity contribution in [1.82, 2.24) is 9.97 Å². The molecule has 0 fully saturated rings. The highest BCUT2D eigenvalue weighted by Gasteiger charge is 2.05. The van der Waals surface area contributed by atoms with Crippen LogP contribution in [0.3, 0.4) is 0 Å². The van der Waals surface area contributed by atoms with E-state index in [1.165, 1.54) is 80.3 Å². The summed E-state index contributed by atoms with van der Waals surface area (Å²) in [5.41, 5.74) is 6.09. The molecule has 1 aliphatic rings. The summed E-state index contributed by atoms with van der Waals surface area (Å²) in [5.74, 6) is 0. The van der Waals surface area contributed by atoms with Gasteiger partial charge in [0.05, 0.1) is 11.0 Å². The second kappa shape index (κ2) is 11.8. The summed E-state index contributed by atoms with van der Waals surface area (Å²) < 4.78 is 0. The van der Waals surface area contributed by atoms with Crippen molar-refractivity contribution < 1.29 is 0 Å². The summed E-state index contributed by atoms with van der Waals surface area (Å²) in [5, 5.41) is 2.29. The number of aromatic nitrogens is 2. The predicted octanol–water partition coefficient (Wildman–Crippen LogP) is 5.95. The summed E-state index contributed by atoms with van der Waals surface area (Å²) in [6, 6.07) is 6.68. The van der Waals surface area contributed by atoms with Crippen LogP contribution in [0.2, 0.25) is 0 Å². The number of aromatic amines is 2. The van der Waals surface area contributed by atoms with Crippen LogP contribution in [0.4, 0.5) is 0 Å². The molecule has 0 spiro atoms. The van der Waals surface area contributed by atoms with Crippen LogP contribution >= 0.6 is 0 Å². The summed E-state index contributed by atoms with van der Waals surface area (Å²) in [6.07, 6.45) is 20.8. The fraction of sp³-hybridized carbons (Fsp3) is 0.519. The molecule has 0 bridgehead atoms. The Morgan fingerprint density at radius 2 is 1.63 bits per heavy atom. The minimum Gasteiger partial charge on any atom is -0.359 e. The summed E-state index contributed by atoms with van der Waals surface area (Å²) in [4.78, 5) is 11.7. The lowest BCUT2D eigenvalue weighted by atomic mass is 10.1. The van der Waals surface area contributed by atoms with Gasteiger partial charge in [-0.3, -0.25) is 4.99 Å². The number of rotatable bonds is 12. The fourth-order valence-electron chi connectivity index (χ4n) is 4.19. The van der Waals surface area contributed by atoms with Gasteiger partial charge >= 0.3 is 0 Å². The quantitative estimate of drug-likeness (QED) is 0.410. The summed E-state index contributed by atoms with van der Waals surface area (Å²) in [7, 11) is 0. The van der Waals surface area contributed by atoms with Gasteiger partial charge in [-0.1, -0.05) is 65.2 Å². The number of hydrogen-bond donors (Lipinski definition) is 2. The first-order valence-corrected chi connectivity index (χ1v) is 12.0. The van der Waals surface area contributed by atoms with Crippen molar-refractivity contribution in [2.24, 2.45) is 4.99 Å². The molecular formula is C27H39N3. The molecule has 3 rings (SSSR count). The third kappa shape index (κ3) is 6.62. The number of aliphatic imine (C=N–C) groups is 1. The monoisotopic (exact) mass is 405 g/mol. The van der Waals surface area contributed by atoms with E-state index in [9.17, 15) is 0 Å². The lowest BCUT2D eigenvalue weighted by Crippen LogP contribution is -2.14. The first kappa shape index (κ1) is 22.4. The lowest BCUT2D eigenvalue weighted by Gasteiger charge is -2.01. The minimum atomic E-state index is 1.00. The molecule has 162 valence electrons. The van der Waals surface area contributed by atoms with Crippen molar-refractivity contribution >= 4 is 18.0 Å². The summed E-state index contributed by atoms with van der Waals surface area (Å²) in [6.45, 7) is 6.57. The maximum Gasteiger partial charge on any atom is 0.0870 e. The second-order valence-electron chi connectivity index (χ2n) is 8.67. The topological polar surface area (TPSA) is 43.9 Å². The number of aryl methyl sites for hydroxylation is 2. The van der Waals surface area contributed by atoms with Crippen LogP contribution in [0.5, 0.6) is 0 Å². The van der Waals surface area contributed by atoms with Crippen LogP contribution in [0, 0.1) is 0 Å². The molecule has 3 nitrogen and oxygen atoms in total. The first-order chi connectivity index (χ1) is 14.7. The van der Waals surface area contributed by atoms with Gasteiger partial charge < -0.3 is 9.97 Å². The zero-order chi connectivity index (χ0) is 21.2. The summed E-state index contributed by atoms with van der Waals surface area (Å²) >= 11 is 0. The average molecular weight is 406 g/mol. The standard InChI is InChI=1S/C27H39N3/c1-4-6-7-8-9-10-11-12-13-14-23-15-16-24(29-23)19-25-18-22(5-2)27(30-25)26-17-21(3)20-28-26/h15-20,29-30H,4-14H2,1-3H3. The molecule has 0 radical (unpaired) electrons. The van der Waals surface area contributed by atoms with E-state index >= 15 is 0 Å². The number of H-pyrrole nitrogens is 2. The molecule has 0 aliphatic carbocycles. The average Bonchev–Trinajstić information content (AvgIpc) is 3.47. The highest BCUT2D eigenvalue weighted by molar-refractivity contribution is 5.90. The van der Waals surface area contributed by atoms with Crippen LogP contribution in [0.25, 0.3) is 11.8 Å². The largest absolute Gasteiger partial charge is 0.359 e. The van der Waals surface area contributed by atoms with Crippen molar-refractivity contribution in [3.63, 3.8) is 0 Å². The van der Waals surface area contributed by atoms with Crippen LogP contribution in [0.1, 0.15) is 95.5 Å². The Balaban J connectivity index is 1.52. The molecule has 0 unspecified atom stereocenters. The van der Waals surface area contributed by atoms with Crippen molar-refractivity contribution in [3.05, 3.63) is 57.5 Å². The van der Waals surface area contributed by atoms with Gasteiger partial charge in [0.1, 0.15) is 0 Å². The minimum absolute atomic E-state index is 1.00. The maximum absolute atomic E-state index is 4.54. The Hall–Kier alpha value is -2.29. The Bertz CT molecular complexity index is 968. The van der Waals surface area contributed by atoms with Gasteiger partial charge in [0.25, 0.3) is 0 Å². The lowest BCUT2D eigenvalue weighted by molar-refractivity contribution is 0.564. The molecule has 3 heterocycles. The van der Waals surface area contributed by atoms with E-state index < -0.39 is 0 Å². The Labute approximate surface area is 182 Å². The molecule has 0 saturated carbocycles.